The van der Waals surface area contributed by atoms with E-state index >= 15 is 0 Å². The van der Waals surface area contributed by atoms with Gasteiger partial charge < -0.3 is 4.74 Å². The molecule has 21 heavy (non-hydrogen) atoms. The van der Waals surface area contributed by atoms with Gasteiger partial charge in [0, 0.05) is 32.0 Å². The Hall–Kier alpha value is -1.16. The molecule has 0 bridgehead atoms. The Balaban J connectivity index is 2.01. The van der Waals surface area contributed by atoms with Crippen molar-refractivity contribution < 1.29 is 9.53 Å². The Bertz CT molecular complexity index is 481. The molecule has 2 rings (SSSR count). The predicted octanol–water partition coefficient (Wildman–Crippen LogP) is 3.30. The van der Waals surface area contributed by atoms with Crippen molar-refractivity contribution >= 4 is 5.78 Å². The highest BCUT2D eigenvalue weighted by atomic mass is 16.5. The molecule has 0 spiro atoms. The number of carbonyl (C=O) groups excluding carboxylic acids is 1. The lowest BCUT2D eigenvalue weighted by atomic mass is 9.69. The number of hydrogen-bond acceptors (Lipinski definition) is 3. The van der Waals surface area contributed by atoms with Gasteiger partial charge in [-0.3, -0.25) is 9.48 Å². The topological polar surface area (TPSA) is 44.1 Å². The standard InChI is InChI=1S/C17H28N2O2/c1-5-21-17(11-9-16(2,3)10-12-17)15(20)7-6-14-8-13-18-19(14)4/h8,13H,5-7,9-12H2,1-4H3. The highest BCUT2D eigenvalue weighted by Gasteiger charge is 2.43. The van der Waals surface area contributed by atoms with Crippen molar-refractivity contribution in [3.8, 4) is 0 Å². The zero-order valence-electron chi connectivity index (χ0n) is 13.8. The number of nitrogens with zero attached hydrogens (tertiary/aromatic N) is 2. The van der Waals surface area contributed by atoms with Crippen LogP contribution in [0.2, 0.25) is 0 Å². The number of carbonyl (C=O) groups is 1. The number of ether oxygens (including phenoxy) is 1. The highest BCUT2D eigenvalue weighted by molar-refractivity contribution is 5.87. The zero-order valence-corrected chi connectivity index (χ0v) is 13.8. The fraction of sp³-hybridized carbons (Fsp3) is 0.765. The van der Waals surface area contributed by atoms with Crippen molar-refractivity contribution in [1.29, 1.82) is 0 Å². The van der Waals surface area contributed by atoms with Gasteiger partial charge in [-0.25, -0.2) is 0 Å². The summed E-state index contributed by atoms with van der Waals surface area (Å²) in [5.41, 5.74) is 0.900. The first-order valence-corrected chi connectivity index (χ1v) is 8.03. The normalized spacial score (nSPS) is 20.4. The largest absolute Gasteiger partial charge is 0.368 e. The highest BCUT2D eigenvalue weighted by Crippen LogP contribution is 2.43. The average molecular weight is 292 g/mol. The van der Waals surface area contributed by atoms with Crippen molar-refractivity contribution in [3.63, 3.8) is 0 Å². The molecule has 1 fully saturated rings. The molecule has 1 heterocycles. The van der Waals surface area contributed by atoms with Gasteiger partial charge in [0.1, 0.15) is 5.60 Å². The summed E-state index contributed by atoms with van der Waals surface area (Å²) in [6.45, 7) is 7.15. The third-order valence-corrected chi connectivity index (χ3v) is 4.87. The summed E-state index contributed by atoms with van der Waals surface area (Å²) in [4.78, 5) is 12.8. The molecule has 0 atom stereocenters. The van der Waals surface area contributed by atoms with E-state index in [0.29, 0.717) is 18.4 Å². The van der Waals surface area contributed by atoms with E-state index in [1.807, 2.05) is 24.7 Å². The van der Waals surface area contributed by atoms with Crippen LogP contribution >= 0.6 is 0 Å². The van der Waals surface area contributed by atoms with Gasteiger partial charge in [-0.15, -0.1) is 0 Å². The molecule has 1 aliphatic rings. The van der Waals surface area contributed by atoms with Crippen molar-refractivity contribution in [2.75, 3.05) is 6.61 Å². The third kappa shape index (κ3) is 3.73. The van der Waals surface area contributed by atoms with Crippen molar-refractivity contribution in [2.24, 2.45) is 12.5 Å². The molecule has 4 heteroatoms. The van der Waals surface area contributed by atoms with Crippen LogP contribution in [0, 0.1) is 5.41 Å². The van der Waals surface area contributed by atoms with E-state index in [4.69, 9.17) is 4.74 Å². The van der Waals surface area contributed by atoms with Gasteiger partial charge in [0.2, 0.25) is 0 Å². The van der Waals surface area contributed by atoms with E-state index in [0.717, 1.165) is 37.8 Å². The molecule has 1 aliphatic carbocycles. The maximum Gasteiger partial charge on any atom is 0.165 e. The molecular formula is C17H28N2O2. The first-order valence-electron chi connectivity index (χ1n) is 8.03. The summed E-state index contributed by atoms with van der Waals surface area (Å²) < 4.78 is 7.79. The lowest BCUT2D eigenvalue weighted by Crippen LogP contribution is -2.46. The van der Waals surface area contributed by atoms with Crippen LogP contribution in [0.5, 0.6) is 0 Å². The Morgan fingerprint density at radius 2 is 2.00 bits per heavy atom. The molecule has 0 amide bonds. The number of aromatic nitrogens is 2. The van der Waals surface area contributed by atoms with Crippen LogP contribution in [0.1, 0.15) is 58.6 Å². The quantitative estimate of drug-likeness (QED) is 0.808. The molecule has 0 saturated heterocycles. The van der Waals surface area contributed by atoms with Crippen molar-refractivity contribution in [3.05, 3.63) is 18.0 Å². The number of ketones is 1. The minimum atomic E-state index is -0.539. The minimum Gasteiger partial charge on any atom is -0.368 e. The maximum atomic E-state index is 12.8. The van der Waals surface area contributed by atoms with Crippen molar-refractivity contribution in [1.82, 2.24) is 9.78 Å². The molecular weight excluding hydrogens is 264 g/mol. The number of hydrogen-bond donors (Lipinski definition) is 0. The molecule has 1 aromatic heterocycles. The van der Waals surface area contributed by atoms with Gasteiger partial charge in [-0.2, -0.15) is 5.10 Å². The monoisotopic (exact) mass is 292 g/mol. The maximum absolute atomic E-state index is 12.8. The van der Waals surface area contributed by atoms with Gasteiger partial charge in [0.25, 0.3) is 0 Å². The Kier molecular flexibility index (Phi) is 4.87. The summed E-state index contributed by atoms with van der Waals surface area (Å²) in [6, 6.07) is 1.98. The number of aryl methyl sites for hydroxylation is 2. The van der Waals surface area contributed by atoms with Crippen LogP contribution in [0.25, 0.3) is 0 Å². The minimum absolute atomic E-state index is 0.265. The molecule has 1 saturated carbocycles. The second kappa shape index (κ2) is 6.30. The molecule has 0 radical (unpaired) electrons. The zero-order chi connectivity index (χ0) is 15.5. The molecule has 118 valence electrons. The Morgan fingerprint density at radius 3 is 2.52 bits per heavy atom. The van der Waals surface area contributed by atoms with Gasteiger partial charge in [0.05, 0.1) is 0 Å². The molecule has 0 unspecified atom stereocenters. The average Bonchev–Trinajstić information content (AvgIpc) is 2.84. The van der Waals surface area contributed by atoms with E-state index in [1.54, 1.807) is 6.20 Å². The second-order valence-electron chi connectivity index (χ2n) is 6.96. The number of Topliss-reactive ketones (excluding diaryl/α,β-unsaturated/α-hetero) is 1. The Labute approximate surface area is 127 Å². The van der Waals surface area contributed by atoms with E-state index < -0.39 is 5.60 Å². The second-order valence-corrected chi connectivity index (χ2v) is 6.96. The van der Waals surface area contributed by atoms with E-state index in [2.05, 4.69) is 18.9 Å². The van der Waals surface area contributed by atoms with Gasteiger partial charge in [-0.1, -0.05) is 13.8 Å². The molecule has 0 aromatic carbocycles. The fourth-order valence-electron chi connectivity index (χ4n) is 3.23. The summed E-state index contributed by atoms with van der Waals surface area (Å²) in [5, 5.41) is 4.15. The molecule has 0 N–H and O–H groups in total. The van der Waals surface area contributed by atoms with Crippen LogP contribution in [-0.4, -0.2) is 27.8 Å². The van der Waals surface area contributed by atoms with E-state index in [1.165, 1.54) is 0 Å². The van der Waals surface area contributed by atoms with E-state index in [9.17, 15) is 4.79 Å². The summed E-state index contributed by atoms with van der Waals surface area (Å²) >= 11 is 0. The van der Waals surface area contributed by atoms with E-state index in [-0.39, 0.29) is 5.78 Å². The van der Waals surface area contributed by atoms with Gasteiger partial charge in [-0.05, 0) is 50.5 Å². The predicted molar refractivity (Wildman–Crippen MR) is 83.1 cm³/mol. The van der Waals surface area contributed by atoms with Crippen molar-refractivity contribution in [2.45, 2.75) is 64.9 Å². The third-order valence-electron chi connectivity index (χ3n) is 4.87. The first-order chi connectivity index (χ1) is 9.88. The summed E-state index contributed by atoms with van der Waals surface area (Å²) in [7, 11) is 1.92. The summed E-state index contributed by atoms with van der Waals surface area (Å²) in [5.74, 6) is 0.265. The van der Waals surface area contributed by atoms with Gasteiger partial charge >= 0.3 is 0 Å². The van der Waals surface area contributed by atoms with Crippen LogP contribution in [0.4, 0.5) is 0 Å². The molecule has 1 aromatic rings. The van der Waals surface area contributed by atoms with Crippen LogP contribution in [0.3, 0.4) is 0 Å². The lowest BCUT2D eigenvalue weighted by Gasteiger charge is -2.42. The smallest absolute Gasteiger partial charge is 0.165 e. The van der Waals surface area contributed by atoms with Crippen LogP contribution in [-0.2, 0) is 23.0 Å². The van der Waals surface area contributed by atoms with Crippen LogP contribution in [0.15, 0.2) is 12.3 Å². The fourth-order valence-corrected chi connectivity index (χ4v) is 3.23. The first kappa shape index (κ1) is 16.2. The molecule has 0 aliphatic heterocycles. The lowest BCUT2D eigenvalue weighted by molar-refractivity contribution is -0.152. The molecule has 4 nitrogen and oxygen atoms in total. The van der Waals surface area contributed by atoms with Crippen LogP contribution < -0.4 is 0 Å². The number of rotatable bonds is 6. The summed E-state index contributed by atoms with van der Waals surface area (Å²) in [6.07, 6.45) is 6.90. The van der Waals surface area contributed by atoms with Gasteiger partial charge in [0.15, 0.2) is 5.78 Å². The SMILES string of the molecule is CCOC1(C(=O)CCc2ccnn2C)CCC(C)(C)CC1. The Morgan fingerprint density at radius 1 is 1.33 bits per heavy atom.